The van der Waals surface area contributed by atoms with Crippen LogP contribution in [0, 0.1) is 40.4 Å². The fourth-order valence-electron chi connectivity index (χ4n) is 10.2. The van der Waals surface area contributed by atoms with E-state index in [1.165, 1.54) is 6.07 Å². The normalized spacial score (nSPS) is 36.7. The van der Waals surface area contributed by atoms with Crippen LogP contribution in [0.4, 0.5) is 0 Å². The largest absolute Gasteiger partial charge is 0.458 e. The SMILES string of the molecule is CC(=O)[C@@H]1CC[C@@H]2[C@H]3CC[C@H]4CC(=O)CC[C@]4(C)[C@@H]3C[C@@H](OC(=O)c3ccc4c(c3)C(=O)c3ccccc3C4=O)[C@@]21C. The summed E-state index contributed by atoms with van der Waals surface area (Å²) in [6.07, 6.45) is 6.24. The van der Waals surface area contributed by atoms with Crippen molar-refractivity contribution in [3.63, 3.8) is 0 Å². The zero-order chi connectivity index (χ0) is 29.6. The van der Waals surface area contributed by atoms with Gasteiger partial charge < -0.3 is 4.74 Å². The van der Waals surface area contributed by atoms with Crippen LogP contribution in [0.1, 0.15) is 114 Å². The van der Waals surface area contributed by atoms with Crippen LogP contribution < -0.4 is 0 Å². The van der Waals surface area contributed by atoms with Crippen LogP contribution in [0.25, 0.3) is 0 Å². The average Bonchev–Trinajstić information content (AvgIpc) is 3.35. The summed E-state index contributed by atoms with van der Waals surface area (Å²) in [5, 5.41) is 0. The number of carbonyl (C=O) groups is 5. The summed E-state index contributed by atoms with van der Waals surface area (Å²) < 4.78 is 6.44. The van der Waals surface area contributed by atoms with Crippen molar-refractivity contribution >= 4 is 29.1 Å². The Hall–Kier alpha value is -3.41. The van der Waals surface area contributed by atoms with Gasteiger partial charge in [0.25, 0.3) is 0 Å². The van der Waals surface area contributed by atoms with Gasteiger partial charge in [-0.3, -0.25) is 19.2 Å². The highest BCUT2D eigenvalue weighted by Gasteiger charge is 2.65. The van der Waals surface area contributed by atoms with Crippen LogP contribution in [0.15, 0.2) is 42.5 Å². The second-order valence-electron chi connectivity index (χ2n) is 14.1. The van der Waals surface area contributed by atoms with Crippen LogP contribution in [-0.4, -0.2) is 35.2 Å². The van der Waals surface area contributed by atoms with Crippen molar-refractivity contribution in [2.75, 3.05) is 0 Å². The van der Waals surface area contributed by atoms with Gasteiger partial charge in [-0.25, -0.2) is 4.79 Å². The molecule has 218 valence electrons. The summed E-state index contributed by atoms with van der Waals surface area (Å²) >= 11 is 0. The van der Waals surface area contributed by atoms with E-state index in [-0.39, 0.29) is 45.7 Å². The fourth-order valence-corrected chi connectivity index (χ4v) is 10.2. The Morgan fingerprint density at radius 2 is 1.52 bits per heavy atom. The van der Waals surface area contributed by atoms with Gasteiger partial charge in [0.2, 0.25) is 0 Å². The number of rotatable bonds is 3. The molecule has 2 aromatic rings. The standard InChI is InChI=1S/C36H38O6/c1-19(37)28-12-13-29-26-11-9-21-17-22(38)14-15-35(21,2)30(26)18-31(36(28,29)3)42-34(41)20-8-10-25-27(16-20)33(40)24-7-5-4-6-23(24)32(25)39/h4-8,10,16,21,26,28-31H,9,11-15,17-18H2,1-3H3/t21-,26+,28-,29+,30+,31+,35-,36+/m0/s1. The number of esters is 1. The van der Waals surface area contributed by atoms with Gasteiger partial charge in [0, 0.05) is 46.4 Å². The van der Waals surface area contributed by atoms with Gasteiger partial charge in [-0.1, -0.05) is 38.1 Å². The number of hydrogen-bond donors (Lipinski definition) is 0. The van der Waals surface area contributed by atoms with Gasteiger partial charge in [0.15, 0.2) is 11.6 Å². The molecule has 0 bridgehead atoms. The third kappa shape index (κ3) is 3.79. The zero-order valence-corrected chi connectivity index (χ0v) is 24.6. The fraction of sp³-hybridized carbons (Fsp3) is 0.528. The second kappa shape index (κ2) is 9.55. The van der Waals surface area contributed by atoms with Crippen molar-refractivity contribution in [2.45, 2.75) is 78.2 Å². The molecule has 0 aromatic heterocycles. The van der Waals surface area contributed by atoms with Crippen LogP contribution in [0.3, 0.4) is 0 Å². The summed E-state index contributed by atoms with van der Waals surface area (Å²) in [6, 6.07) is 11.4. The molecule has 5 aliphatic rings. The first-order valence-corrected chi connectivity index (χ1v) is 15.6. The molecular formula is C36H38O6. The Morgan fingerprint density at radius 3 is 2.24 bits per heavy atom. The molecule has 0 aliphatic heterocycles. The van der Waals surface area contributed by atoms with Crippen molar-refractivity contribution in [1.82, 2.24) is 0 Å². The van der Waals surface area contributed by atoms with Crippen molar-refractivity contribution in [3.8, 4) is 0 Å². The minimum atomic E-state index is -0.522. The molecule has 4 saturated carbocycles. The van der Waals surface area contributed by atoms with Crippen molar-refractivity contribution in [1.29, 1.82) is 0 Å². The monoisotopic (exact) mass is 566 g/mol. The number of Topliss-reactive ketones (excluding diaryl/α,β-unsaturated/α-hetero) is 2. The molecule has 0 heterocycles. The van der Waals surface area contributed by atoms with Crippen LogP contribution in [-0.2, 0) is 14.3 Å². The van der Waals surface area contributed by atoms with Crippen LogP contribution >= 0.6 is 0 Å². The highest BCUT2D eigenvalue weighted by molar-refractivity contribution is 6.28. The maximum absolute atomic E-state index is 13.9. The lowest BCUT2D eigenvalue weighted by Crippen LogP contribution is -2.59. The topological polar surface area (TPSA) is 94.6 Å². The van der Waals surface area contributed by atoms with E-state index < -0.39 is 17.5 Å². The van der Waals surface area contributed by atoms with Gasteiger partial charge in [-0.05, 0) is 92.7 Å². The molecule has 4 fully saturated rings. The second-order valence-corrected chi connectivity index (χ2v) is 14.1. The number of fused-ring (bicyclic) bond motifs is 7. The van der Waals surface area contributed by atoms with E-state index in [2.05, 4.69) is 13.8 Å². The molecule has 42 heavy (non-hydrogen) atoms. The molecular weight excluding hydrogens is 528 g/mol. The number of carbonyl (C=O) groups excluding carboxylic acids is 5. The molecule has 0 unspecified atom stereocenters. The van der Waals surface area contributed by atoms with Gasteiger partial charge in [-0.2, -0.15) is 0 Å². The third-order valence-electron chi connectivity index (χ3n) is 12.5. The zero-order valence-electron chi connectivity index (χ0n) is 24.6. The molecule has 6 nitrogen and oxygen atoms in total. The minimum Gasteiger partial charge on any atom is -0.458 e. The van der Waals surface area contributed by atoms with Crippen molar-refractivity contribution in [3.05, 3.63) is 70.3 Å². The first-order valence-electron chi connectivity index (χ1n) is 15.6. The summed E-state index contributed by atoms with van der Waals surface area (Å²) in [7, 11) is 0. The highest BCUT2D eigenvalue weighted by atomic mass is 16.5. The van der Waals surface area contributed by atoms with Gasteiger partial charge in [0.05, 0.1) is 5.56 Å². The van der Waals surface area contributed by atoms with E-state index in [9.17, 15) is 24.0 Å². The quantitative estimate of drug-likeness (QED) is 0.340. The van der Waals surface area contributed by atoms with E-state index >= 15 is 0 Å². The molecule has 0 amide bonds. The molecule has 0 saturated heterocycles. The Kier molecular flexibility index (Phi) is 6.24. The number of ether oxygens (including phenoxy) is 1. The van der Waals surface area contributed by atoms with E-state index in [4.69, 9.17) is 4.74 Å². The molecule has 0 radical (unpaired) electrons. The van der Waals surface area contributed by atoms with Gasteiger partial charge >= 0.3 is 5.97 Å². The first kappa shape index (κ1) is 27.4. The summed E-state index contributed by atoms with van der Waals surface area (Å²) in [5.74, 6) is 0.735. The highest BCUT2D eigenvalue weighted by Crippen LogP contribution is 2.67. The van der Waals surface area contributed by atoms with Gasteiger partial charge in [0.1, 0.15) is 17.7 Å². The maximum Gasteiger partial charge on any atom is 0.338 e. The smallest absolute Gasteiger partial charge is 0.338 e. The molecule has 2 aromatic carbocycles. The number of ketones is 4. The van der Waals surface area contributed by atoms with E-state index in [1.54, 1.807) is 43.3 Å². The summed E-state index contributed by atoms with van der Waals surface area (Å²) in [6.45, 7) is 6.18. The lowest BCUT2D eigenvalue weighted by atomic mass is 9.44. The molecule has 8 atom stereocenters. The van der Waals surface area contributed by atoms with E-state index in [0.717, 1.165) is 32.1 Å². The molecule has 5 aliphatic carbocycles. The van der Waals surface area contributed by atoms with Crippen molar-refractivity contribution < 1.29 is 28.7 Å². The number of hydrogen-bond acceptors (Lipinski definition) is 6. The minimum absolute atomic E-state index is 0.0170. The molecule has 7 rings (SSSR count). The average molecular weight is 567 g/mol. The molecule has 0 spiro atoms. The molecule has 0 N–H and O–H groups in total. The third-order valence-corrected chi connectivity index (χ3v) is 12.5. The predicted octanol–water partition coefficient (Wildman–Crippen LogP) is 6.41. The Morgan fingerprint density at radius 1 is 0.833 bits per heavy atom. The first-order chi connectivity index (χ1) is 20.0. The van der Waals surface area contributed by atoms with Crippen LogP contribution in [0.5, 0.6) is 0 Å². The van der Waals surface area contributed by atoms with Gasteiger partial charge in [-0.15, -0.1) is 0 Å². The Balaban J connectivity index is 1.23. The molecule has 6 heteroatoms. The lowest BCUT2D eigenvalue weighted by molar-refractivity contribution is -0.171. The maximum atomic E-state index is 13.9. The summed E-state index contributed by atoms with van der Waals surface area (Å²) in [5.41, 5.74) is 1.03. The number of benzene rings is 2. The summed E-state index contributed by atoms with van der Waals surface area (Å²) in [4.78, 5) is 65.7. The predicted molar refractivity (Wildman–Crippen MR) is 155 cm³/mol. The van der Waals surface area contributed by atoms with Crippen LogP contribution in [0.2, 0.25) is 0 Å². The van der Waals surface area contributed by atoms with E-state index in [1.807, 2.05) is 0 Å². The Bertz CT molecular complexity index is 1550. The lowest BCUT2D eigenvalue weighted by Gasteiger charge is -2.61. The Labute approximate surface area is 246 Å². The van der Waals surface area contributed by atoms with E-state index in [0.29, 0.717) is 59.5 Å². The van der Waals surface area contributed by atoms with Crippen molar-refractivity contribution in [2.24, 2.45) is 40.4 Å².